The molecule has 3 heterocycles. The van der Waals surface area contributed by atoms with Crippen LogP contribution in [0.2, 0.25) is 0 Å². The van der Waals surface area contributed by atoms with Gasteiger partial charge in [-0.2, -0.15) is 0 Å². The second-order valence-corrected chi connectivity index (χ2v) is 8.80. The Morgan fingerprint density at radius 3 is 2.59 bits per heavy atom. The number of halogens is 1. The molecular formula is C20H26BrN5O3. The van der Waals surface area contributed by atoms with E-state index in [4.69, 9.17) is 9.47 Å². The number of ether oxygens (including phenoxy) is 2. The number of carbonyl (C=O) groups is 1. The Bertz CT molecular complexity index is 841. The van der Waals surface area contributed by atoms with Crippen molar-refractivity contribution in [2.45, 2.75) is 45.9 Å². The average Bonchev–Trinajstić information content (AvgIpc) is 2.66. The summed E-state index contributed by atoms with van der Waals surface area (Å²) in [4.78, 5) is 29.0. The van der Waals surface area contributed by atoms with Gasteiger partial charge in [-0.15, -0.1) is 0 Å². The first-order valence-electron chi connectivity index (χ1n) is 9.51. The molecule has 2 aromatic heterocycles. The molecule has 9 heteroatoms. The minimum Gasteiger partial charge on any atom is -0.486 e. The van der Waals surface area contributed by atoms with Crippen molar-refractivity contribution in [3.63, 3.8) is 0 Å². The molecule has 0 aromatic carbocycles. The first-order valence-corrected chi connectivity index (χ1v) is 10.3. The molecule has 1 saturated heterocycles. The Kier molecular flexibility index (Phi) is 6.56. The molecule has 0 saturated carbocycles. The number of hydrogen-bond acceptors (Lipinski definition) is 7. The fourth-order valence-corrected chi connectivity index (χ4v) is 3.33. The van der Waals surface area contributed by atoms with E-state index < -0.39 is 5.60 Å². The van der Waals surface area contributed by atoms with Gasteiger partial charge in [0.25, 0.3) is 0 Å². The lowest BCUT2D eigenvalue weighted by Crippen LogP contribution is -2.55. The maximum absolute atomic E-state index is 12.3. The molecule has 1 aliphatic heterocycles. The van der Waals surface area contributed by atoms with E-state index in [2.05, 4.69) is 35.8 Å². The minimum atomic E-state index is -0.498. The van der Waals surface area contributed by atoms with Crippen molar-refractivity contribution in [1.82, 2.24) is 19.9 Å². The smallest absolute Gasteiger partial charge is 0.410 e. The van der Waals surface area contributed by atoms with E-state index in [1.54, 1.807) is 29.7 Å². The molecule has 8 nitrogen and oxygen atoms in total. The van der Waals surface area contributed by atoms with Crippen LogP contribution in [0.3, 0.4) is 0 Å². The highest BCUT2D eigenvalue weighted by atomic mass is 79.9. The number of aromatic nitrogens is 3. The largest absolute Gasteiger partial charge is 0.486 e. The molecule has 1 atom stereocenters. The third-order valence-electron chi connectivity index (χ3n) is 4.40. The molecule has 1 fully saturated rings. The Morgan fingerprint density at radius 1 is 1.24 bits per heavy atom. The number of hydrogen-bond donors (Lipinski definition) is 0. The lowest BCUT2D eigenvalue weighted by Gasteiger charge is -2.40. The summed E-state index contributed by atoms with van der Waals surface area (Å²) in [6, 6.07) is 1.97. The van der Waals surface area contributed by atoms with Crippen LogP contribution in [0.5, 0.6) is 5.75 Å². The predicted molar refractivity (Wildman–Crippen MR) is 113 cm³/mol. The van der Waals surface area contributed by atoms with E-state index in [-0.39, 0.29) is 12.1 Å². The summed E-state index contributed by atoms with van der Waals surface area (Å²) in [5.41, 5.74) is 0.498. The number of amides is 1. The van der Waals surface area contributed by atoms with Crippen molar-refractivity contribution in [2.24, 2.45) is 0 Å². The van der Waals surface area contributed by atoms with E-state index in [0.717, 1.165) is 10.0 Å². The normalized spacial score (nSPS) is 17.2. The highest BCUT2D eigenvalue weighted by molar-refractivity contribution is 9.10. The lowest BCUT2D eigenvalue weighted by molar-refractivity contribution is 0.0218. The van der Waals surface area contributed by atoms with Crippen molar-refractivity contribution < 1.29 is 14.3 Å². The Balaban J connectivity index is 1.56. The van der Waals surface area contributed by atoms with Crippen LogP contribution in [0, 0.1) is 0 Å². The molecule has 3 rings (SSSR count). The summed E-state index contributed by atoms with van der Waals surface area (Å²) < 4.78 is 12.1. The fourth-order valence-electron chi connectivity index (χ4n) is 2.96. The quantitative estimate of drug-likeness (QED) is 0.683. The number of nitrogens with zero attached hydrogens (tertiary/aromatic N) is 5. The van der Waals surface area contributed by atoms with E-state index in [9.17, 15) is 4.79 Å². The van der Waals surface area contributed by atoms with E-state index in [1.165, 1.54) is 0 Å². The predicted octanol–water partition coefficient (Wildman–Crippen LogP) is 3.66. The van der Waals surface area contributed by atoms with Crippen LogP contribution >= 0.6 is 15.9 Å². The van der Waals surface area contributed by atoms with Crippen molar-refractivity contribution >= 4 is 28.0 Å². The van der Waals surface area contributed by atoms with E-state index >= 15 is 0 Å². The van der Waals surface area contributed by atoms with Crippen LogP contribution < -0.4 is 9.64 Å². The van der Waals surface area contributed by atoms with Crippen LogP contribution in [-0.4, -0.2) is 57.2 Å². The molecule has 0 spiro atoms. The van der Waals surface area contributed by atoms with Gasteiger partial charge in [0.15, 0.2) is 5.75 Å². The van der Waals surface area contributed by atoms with Crippen molar-refractivity contribution in [1.29, 1.82) is 0 Å². The van der Waals surface area contributed by atoms with Gasteiger partial charge in [0.2, 0.25) is 5.95 Å². The summed E-state index contributed by atoms with van der Waals surface area (Å²) >= 11 is 3.45. The third kappa shape index (κ3) is 5.79. The van der Waals surface area contributed by atoms with Crippen LogP contribution in [0.15, 0.2) is 35.3 Å². The standard InChI is InChI=1S/C20H26BrN5O3/c1-14-12-25(19(27)29-20(2,3)4)7-8-26(14)18-23-9-16(10-24-18)28-13-15-5-6-22-11-17(15)21/h5-6,9-11,14H,7-8,12-13H2,1-4H3/t14-/m1/s1. The van der Waals surface area contributed by atoms with Crippen molar-refractivity contribution in [3.8, 4) is 5.75 Å². The van der Waals surface area contributed by atoms with Gasteiger partial charge in [0.1, 0.15) is 12.2 Å². The molecule has 0 bridgehead atoms. The third-order valence-corrected chi connectivity index (χ3v) is 5.12. The number of rotatable bonds is 4. The van der Waals surface area contributed by atoms with Crippen molar-refractivity contribution in [2.75, 3.05) is 24.5 Å². The van der Waals surface area contributed by atoms with Gasteiger partial charge in [-0.25, -0.2) is 14.8 Å². The van der Waals surface area contributed by atoms with E-state index in [1.807, 2.05) is 33.8 Å². The Labute approximate surface area is 179 Å². The number of carbonyl (C=O) groups excluding carboxylic acids is 1. The maximum Gasteiger partial charge on any atom is 0.410 e. The van der Waals surface area contributed by atoms with Gasteiger partial charge >= 0.3 is 6.09 Å². The SMILES string of the molecule is C[C@@H]1CN(C(=O)OC(C)(C)C)CCN1c1ncc(OCc2ccncc2Br)cn1. The summed E-state index contributed by atoms with van der Waals surface area (Å²) in [5.74, 6) is 1.22. The highest BCUT2D eigenvalue weighted by Gasteiger charge is 2.30. The Hall–Kier alpha value is -2.42. The van der Waals surface area contributed by atoms with Gasteiger partial charge in [0.05, 0.1) is 12.4 Å². The van der Waals surface area contributed by atoms with Crippen LogP contribution in [0.25, 0.3) is 0 Å². The fraction of sp³-hybridized carbons (Fsp3) is 0.500. The molecule has 156 valence electrons. The van der Waals surface area contributed by atoms with Gasteiger partial charge in [-0.05, 0) is 49.7 Å². The summed E-state index contributed by atoms with van der Waals surface area (Å²) in [5, 5.41) is 0. The molecule has 0 aliphatic carbocycles. The van der Waals surface area contributed by atoms with Crippen molar-refractivity contribution in [3.05, 3.63) is 40.9 Å². The first-order chi connectivity index (χ1) is 13.7. The zero-order valence-electron chi connectivity index (χ0n) is 17.1. The van der Waals surface area contributed by atoms with Crippen LogP contribution in [-0.2, 0) is 11.3 Å². The van der Waals surface area contributed by atoms with E-state index in [0.29, 0.717) is 37.9 Å². The van der Waals surface area contributed by atoms with Crippen LogP contribution in [0.1, 0.15) is 33.3 Å². The lowest BCUT2D eigenvalue weighted by atomic mass is 10.2. The summed E-state index contributed by atoms with van der Waals surface area (Å²) in [6.07, 6.45) is 6.52. The molecule has 2 aromatic rings. The minimum absolute atomic E-state index is 0.0795. The molecule has 0 unspecified atom stereocenters. The monoisotopic (exact) mass is 463 g/mol. The highest BCUT2D eigenvalue weighted by Crippen LogP contribution is 2.21. The zero-order valence-corrected chi connectivity index (χ0v) is 18.7. The van der Waals surface area contributed by atoms with Gasteiger partial charge in [-0.3, -0.25) is 4.98 Å². The second-order valence-electron chi connectivity index (χ2n) is 7.94. The molecule has 1 aliphatic rings. The Morgan fingerprint density at radius 2 is 1.97 bits per heavy atom. The van der Waals surface area contributed by atoms with Gasteiger partial charge < -0.3 is 19.3 Å². The molecule has 0 N–H and O–H groups in total. The second kappa shape index (κ2) is 8.94. The topological polar surface area (TPSA) is 80.7 Å². The average molecular weight is 464 g/mol. The molecule has 1 amide bonds. The summed E-state index contributed by atoms with van der Waals surface area (Å²) in [6.45, 7) is 9.83. The first kappa shape index (κ1) is 21.3. The number of piperazine rings is 1. The van der Waals surface area contributed by atoms with Gasteiger partial charge in [0, 0.05) is 48.1 Å². The van der Waals surface area contributed by atoms with Gasteiger partial charge in [-0.1, -0.05) is 0 Å². The number of anilines is 1. The number of pyridine rings is 1. The molecule has 29 heavy (non-hydrogen) atoms. The molecular weight excluding hydrogens is 438 g/mol. The maximum atomic E-state index is 12.3. The zero-order chi connectivity index (χ0) is 21.0. The molecule has 0 radical (unpaired) electrons. The summed E-state index contributed by atoms with van der Waals surface area (Å²) in [7, 11) is 0. The van der Waals surface area contributed by atoms with Crippen LogP contribution in [0.4, 0.5) is 10.7 Å².